The number of carboxylic acid groups (broad SMARTS) is 1. The fourth-order valence-corrected chi connectivity index (χ4v) is 7.78. The largest absolute Gasteiger partial charge is 0.768 e. The SMILES string of the molecule is CCc1c(S(=O)(=O)NCP(=O)([O-])Oc2ccc(C#N)c(F)c2)sc2cc(OCC[NH3+])c(OCC[NH3+])cc12.O=C([O-])C(F)(F)F. The van der Waals surface area contributed by atoms with Crippen LogP contribution in [0.4, 0.5) is 17.6 Å². The molecule has 1 aromatic heterocycles. The maximum absolute atomic E-state index is 13.8. The van der Waals surface area contributed by atoms with Crippen molar-refractivity contribution in [3.63, 3.8) is 0 Å². The summed E-state index contributed by atoms with van der Waals surface area (Å²) in [5.74, 6) is -3.46. The number of sulfonamides is 1. The minimum absolute atomic E-state index is 0.0492. The molecule has 0 amide bonds. The van der Waals surface area contributed by atoms with Gasteiger partial charge in [0.2, 0.25) is 0 Å². The van der Waals surface area contributed by atoms with Gasteiger partial charge in [0.15, 0.2) is 19.1 Å². The first-order chi connectivity index (χ1) is 20.5. The number of alkyl halides is 3. The second kappa shape index (κ2) is 15.5. The molecule has 44 heavy (non-hydrogen) atoms. The quantitative estimate of drug-likeness (QED) is 0.159. The number of hydrogen-bond acceptors (Lipinski definition) is 11. The molecule has 0 saturated heterocycles. The number of carbonyl (C=O) groups excluding carboxylic acids is 1. The van der Waals surface area contributed by atoms with E-state index >= 15 is 0 Å². The molecular weight excluding hydrogens is 659 g/mol. The Labute approximate surface area is 252 Å². The van der Waals surface area contributed by atoms with Crippen molar-refractivity contribution in [2.45, 2.75) is 23.7 Å². The average Bonchev–Trinajstić information content (AvgIpc) is 3.31. The predicted molar refractivity (Wildman–Crippen MR) is 143 cm³/mol. The Bertz CT molecular complexity index is 1680. The summed E-state index contributed by atoms with van der Waals surface area (Å²) in [4.78, 5) is 21.2. The second-order valence-electron chi connectivity index (χ2n) is 8.47. The van der Waals surface area contributed by atoms with Crippen molar-refractivity contribution in [2.75, 3.05) is 32.6 Å². The molecule has 1 unspecified atom stereocenters. The molecule has 0 aliphatic carbocycles. The number of nitrogens with zero attached hydrogens (tertiary/aromatic N) is 1. The van der Waals surface area contributed by atoms with E-state index in [2.05, 4.69) is 16.2 Å². The van der Waals surface area contributed by atoms with Crippen molar-refractivity contribution in [1.29, 1.82) is 5.26 Å². The van der Waals surface area contributed by atoms with Gasteiger partial charge in [-0.2, -0.15) is 18.4 Å². The van der Waals surface area contributed by atoms with Crippen LogP contribution < -0.4 is 40.2 Å². The number of rotatable bonds is 13. The number of nitriles is 1. The number of carbonyl (C=O) groups is 1. The van der Waals surface area contributed by atoms with Crippen LogP contribution >= 0.6 is 18.9 Å². The summed E-state index contributed by atoms with van der Waals surface area (Å²) in [7, 11) is -9.08. The number of nitrogens with one attached hydrogen (secondary N) is 1. The fourth-order valence-electron chi connectivity index (χ4n) is 3.34. The maximum atomic E-state index is 13.8. The molecule has 1 atom stereocenters. The third kappa shape index (κ3) is 10.0. The number of aryl methyl sites for hydroxylation is 1. The molecule has 3 aromatic rings. The van der Waals surface area contributed by atoms with Gasteiger partial charge in [0.25, 0.3) is 10.0 Å². The Kier molecular flexibility index (Phi) is 12.9. The van der Waals surface area contributed by atoms with Crippen molar-refractivity contribution in [3.8, 4) is 23.3 Å². The van der Waals surface area contributed by atoms with Crippen molar-refractivity contribution in [2.24, 2.45) is 0 Å². The maximum Gasteiger partial charge on any atom is 0.430 e. The average molecular weight is 687 g/mol. The molecule has 13 nitrogen and oxygen atoms in total. The Morgan fingerprint density at radius 2 is 1.70 bits per heavy atom. The zero-order chi connectivity index (χ0) is 33.3. The highest BCUT2D eigenvalue weighted by molar-refractivity contribution is 7.92. The summed E-state index contributed by atoms with van der Waals surface area (Å²) in [6.07, 6.45) is -5.91. The molecule has 242 valence electrons. The van der Waals surface area contributed by atoms with Gasteiger partial charge in [-0.1, -0.05) is 6.92 Å². The molecule has 0 spiro atoms. The van der Waals surface area contributed by atoms with Gasteiger partial charge in [-0.05, 0) is 30.2 Å². The first kappa shape index (κ1) is 36.7. The lowest BCUT2D eigenvalue weighted by atomic mass is 10.1. The van der Waals surface area contributed by atoms with E-state index in [0.29, 0.717) is 59.9 Å². The zero-order valence-electron chi connectivity index (χ0n) is 22.9. The van der Waals surface area contributed by atoms with Crippen molar-refractivity contribution < 1.29 is 70.8 Å². The fraction of sp³-hybridized carbons (Fsp3) is 0.333. The van der Waals surface area contributed by atoms with Crippen LogP contribution in [-0.2, 0) is 25.8 Å². The molecule has 0 radical (unpaired) electrons. The lowest BCUT2D eigenvalue weighted by Gasteiger charge is -2.24. The van der Waals surface area contributed by atoms with E-state index in [4.69, 9.17) is 29.2 Å². The first-order valence-electron chi connectivity index (χ1n) is 12.4. The minimum atomic E-state index is -5.19. The standard InChI is InChI=1S/C22H26FN4O7PS2.C2HF3O2/c1-2-16-17-10-19(32-7-5-24)20(33-8-6-25)11-21(17)36-22(16)37(30,31)27-13-35(28,29)34-15-4-3-14(12-26)18(23)9-15;3-2(4,5)1(6)7/h3-4,9-11,27H,2,5-8,13,24-25H2,1H3,(H,28,29);(H,6,7). The van der Waals surface area contributed by atoms with Gasteiger partial charge in [0.05, 0.1) is 11.8 Å². The molecule has 0 aliphatic rings. The Morgan fingerprint density at radius 1 is 1.14 bits per heavy atom. The first-order valence-corrected chi connectivity index (χ1v) is 16.4. The summed E-state index contributed by atoms with van der Waals surface area (Å²) >= 11 is 0.969. The zero-order valence-corrected chi connectivity index (χ0v) is 25.5. The summed E-state index contributed by atoms with van der Waals surface area (Å²) < 4.78 is 103. The van der Waals surface area contributed by atoms with E-state index in [1.54, 1.807) is 25.1 Å². The van der Waals surface area contributed by atoms with Crippen LogP contribution in [0, 0.1) is 17.1 Å². The number of carboxylic acids is 1. The van der Waals surface area contributed by atoms with Gasteiger partial charge >= 0.3 is 6.18 Å². The summed E-state index contributed by atoms with van der Waals surface area (Å²) in [6, 6.07) is 7.90. The van der Waals surface area contributed by atoms with E-state index in [0.717, 1.165) is 29.5 Å². The third-order valence-electron chi connectivity index (χ3n) is 5.21. The van der Waals surface area contributed by atoms with Crippen LogP contribution in [0.1, 0.15) is 18.1 Å². The van der Waals surface area contributed by atoms with Crippen LogP contribution in [-0.4, -0.2) is 53.2 Å². The van der Waals surface area contributed by atoms with Gasteiger partial charge in [0, 0.05) is 22.2 Å². The summed E-state index contributed by atoms with van der Waals surface area (Å²) in [5.41, 5.74) is 7.70. The molecular formula is C24H27F4N4O9PS2. The third-order valence-corrected chi connectivity index (χ3v) is 9.61. The van der Waals surface area contributed by atoms with Crippen LogP contribution in [0.5, 0.6) is 17.2 Å². The molecule has 0 bridgehead atoms. The Hall–Kier alpha value is -3.50. The number of fused-ring (bicyclic) bond motifs is 1. The summed E-state index contributed by atoms with van der Waals surface area (Å²) in [6.45, 7) is 3.51. The van der Waals surface area contributed by atoms with Crippen molar-refractivity contribution >= 4 is 45.0 Å². The number of aliphatic carboxylic acids is 1. The normalized spacial score (nSPS) is 12.9. The van der Waals surface area contributed by atoms with E-state index in [-0.39, 0.29) is 15.5 Å². The van der Waals surface area contributed by atoms with Gasteiger partial charge in [-0.25, -0.2) is 17.5 Å². The van der Waals surface area contributed by atoms with Crippen molar-refractivity contribution in [1.82, 2.24) is 4.72 Å². The number of thiophene rings is 1. The van der Waals surface area contributed by atoms with Gasteiger partial charge in [0.1, 0.15) is 54.1 Å². The molecule has 7 N–H and O–H groups in total. The molecule has 1 heterocycles. The highest BCUT2D eigenvalue weighted by Gasteiger charge is 2.29. The monoisotopic (exact) mass is 686 g/mol. The predicted octanol–water partition coefficient (Wildman–Crippen LogP) is -0.117. The molecule has 20 heteroatoms. The Morgan fingerprint density at radius 3 is 2.18 bits per heavy atom. The Balaban J connectivity index is 0.000000860. The summed E-state index contributed by atoms with van der Waals surface area (Å²) in [5, 5.41) is 18.2. The highest BCUT2D eigenvalue weighted by atomic mass is 32.2. The number of hydrogen-bond donors (Lipinski definition) is 3. The lowest BCUT2D eigenvalue weighted by molar-refractivity contribution is -0.372. The van der Waals surface area contributed by atoms with Gasteiger partial charge < -0.3 is 40.3 Å². The molecule has 0 aliphatic heterocycles. The van der Waals surface area contributed by atoms with E-state index < -0.39 is 41.9 Å². The van der Waals surface area contributed by atoms with Gasteiger partial charge in [-0.3, -0.25) is 4.57 Å². The van der Waals surface area contributed by atoms with Crippen molar-refractivity contribution in [3.05, 3.63) is 47.3 Å². The molecule has 2 aromatic carbocycles. The lowest BCUT2D eigenvalue weighted by Crippen LogP contribution is -2.53. The molecule has 0 saturated carbocycles. The van der Waals surface area contributed by atoms with Crippen LogP contribution in [0.3, 0.4) is 0 Å². The smallest absolute Gasteiger partial charge is 0.430 e. The minimum Gasteiger partial charge on any atom is -0.768 e. The molecule has 3 rings (SSSR count). The van der Waals surface area contributed by atoms with Gasteiger partial charge in [-0.15, -0.1) is 11.3 Å². The van der Waals surface area contributed by atoms with Crippen LogP contribution in [0.2, 0.25) is 0 Å². The van der Waals surface area contributed by atoms with Crippen LogP contribution in [0.25, 0.3) is 10.1 Å². The number of quaternary nitrogens is 2. The number of halogens is 4. The number of benzene rings is 2. The highest BCUT2D eigenvalue weighted by Crippen LogP contribution is 2.43. The number of ether oxygens (including phenoxy) is 2. The van der Waals surface area contributed by atoms with Crippen LogP contribution in [0.15, 0.2) is 34.5 Å². The van der Waals surface area contributed by atoms with E-state index in [1.807, 2.05) is 0 Å². The van der Waals surface area contributed by atoms with E-state index in [9.17, 15) is 35.4 Å². The van der Waals surface area contributed by atoms with E-state index in [1.165, 1.54) is 0 Å². The topological polar surface area (TPSA) is 233 Å². The second-order valence-corrected chi connectivity index (χ2v) is 13.2. The molecule has 0 fully saturated rings.